The maximum absolute atomic E-state index is 14.5. The highest BCUT2D eigenvalue weighted by Crippen LogP contribution is 2.47. The summed E-state index contributed by atoms with van der Waals surface area (Å²) in [6, 6.07) is 16.0. The second-order valence-electron chi connectivity index (χ2n) is 6.55. The average Bonchev–Trinajstić information content (AvgIpc) is 2.57. The van der Waals surface area contributed by atoms with Crippen molar-refractivity contribution in [3.63, 3.8) is 0 Å². The van der Waals surface area contributed by atoms with Gasteiger partial charge in [0.2, 0.25) is 0 Å². The Balaban J connectivity index is 0.00000208. The summed E-state index contributed by atoms with van der Waals surface area (Å²) >= 11 is 1.91. The van der Waals surface area contributed by atoms with Gasteiger partial charge in [-0.3, -0.25) is 0 Å². The Labute approximate surface area is 159 Å². The van der Waals surface area contributed by atoms with E-state index in [9.17, 15) is 4.39 Å². The lowest BCUT2D eigenvalue weighted by Crippen LogP contribution is -2.39. The molecule has 0 bridgehead atoms. The van der Waals surface area contributed by atoms with E-state index in [-0.39, 0.29) is 27.5 Å². The molecule has 0 amide bonds. The molecule has 1 nitrogen and oxygen atoms in total. The van der Waals surface area contributed by atoms with Crippen LogP contribution in [0.2, 0.25) is 0 Å². The molecule has 1 aliphatic rings. The van der Waals surface area contributed by atoms with Gasteiger partial charge in [-0.2, -0.15) is 0 Å². The van der Waals surface area contributed by atoms with E-state index < -0.39 is 0 Å². The molecule has 2 aromatic rings. The topological polar surface area (TPSA) is 3.24 Å². The maximum Gasteiger partial charge on any atom is 0.127 e. The number of piperidine rings is 1. The Hall–Kier alpha value is -0.840. The maximum atomic E-state index is 14.5. The predicted octanol–water partition coefficient (Wildman–Crippen LogP) is 5.57. The monoisotopic (exact) mass is 409 g/mol. The van der Waals surface area contributed by atoms with Crippen molar-refractivity contribution >= 4 is 28.7 Å². The number of hydrogen-bond acceptors (Lipinski definition) is 2. The first-order valence-electron chi connectivity index (χ1n) is 8.22. The van der Waals surface area contributed by atoms with E-state index in [1.807, 2.05) is 23.9 Å². The van der Waals surface area contributed by atoms with Crippen molar-refractivity contribution in [3.8, 4) is 0 Å². The molecule has 0 spiro atoms. The SMILES string of the molecule is Br.Cc1ccc(CSC2(c3ccccc3F)CCN(C)CC2)cc1. The van der Waals surface area contributed by atoms with Crippen LogP contribution in [0.25, 0.3) is 0 Å². The first-order valence-corrected chi connectivity index (χ1v) is 9.21. The summed E-state index contributed by atoms with van der Waals surface area (Å²) in [5.74, 6) is 0.867. The van der Waals surface area contributed by atoms with Gasteiger partial charge < -0.3 is 4.90 Å². The molecule has 0 N–H and O–H groups in total. The van der Waals surface area contributed by atoms with Crippen molar-refractivity contribution in [3.05, 3.63) is 71.0 Å². The highest BCUT2D eigenvalue weighted by Gasteiger charge is 2.37. The number of nitrogens with zero attached hydrogens (tertiary/aromatic N) is 1. The van der Waals surface area contributed by atoms with Crippen molar-refractivity contribution in [2.75, 3.05) is 20.1 Å². The molecule has 0 atom stereocenters. The van der Waals surface area contributed by atoms with Crippen LogP contribution in [-0.2, 0) is 10.5 Å². The van der Waals surface area contributed by atoms with Gasteiger partial charge in [0.05, 0.1) is 0 Å². The summed E-state index contributed by atoms with van der Waals surface area (Å²) in [6.45, 7) is 4.15. The van der Waals surface area contributed by atoms with Crippen molar-refractivity contribution < 1.29 is 4.39 Å². The smallest absolute Gasteiger partial charge is 0.127 e. The standard InChI is InChI=1S/C20H24FNS.BrH/c1-16-7-9-17(10-8-16)15-23-20(11-13-22(2)14-12-20)18-5-3-4-6-19(18)21;/h3-10H,11-15H2,1-2H3;1H. The zero-order valence-electron chi connectivity index (χ0n) is 14.3. The molecule has 1 aliphatic heterocycles. The van der Waals surface area contributed by atoms with Crippen LogP contribution in [0.15, 0.2) is 48.5 Å². The van der Waals surface area contributed by atoms with Gasteiger partial charge in [0, 0.05) is 16.1 Å². The first-order chi connectivity index (χ1) is 11.1. The van der Waals surface area contributed by atoms with E-state index in [2.05, 4.69) is 43.1 Å². The molecule has 0 saturated carbocycles. The zero-order chi connectivity index (χ0) is 16.3. The first kappa shape index (κ1) is 19.5. The van der Waals surface area contributed by atoms with Crippen molar-refractivity contribution in [1.29, 1.82) is 0 Å². The molecule has 1 fully saturated rings. The Kier molecular flexibility index (Phi) is 6.90. The zero-order valence-corrected chi connectivity index (χ0v) is 16.8. The van der Waals surface area contributed by atoms with E-state index in [1.165, 1.54) is 11.1 Å². The van der Waals surface area contributed by atoms with Gasteiger partial charge in [-0.05, 0) is 51.5 Å². The van der Waals surface area contributed by atoms with E-state index in [1.54, 1.807) is 12.1 Å². The number of hydrogen-bond donors (Lipinski definition) is 0. The normalized spacial score (nSPS) is 17.3. The summed E-state index contributed by atoms with van der Waals surface area (Å²) in [4.78, 5) is 2.34. The Bertz CT molecular complexity index is 651. The molecule has 2 aromatic carbocycles. The third-order valence-corrected chi connectivity index (χ3v) is 6.45. The lowest BCUT2D eigenvalue weighted by Gasteiger charge is -2.41. The molecule has 130 valence electrons. The molecule has 4 heteroatoms. The summed E-state index contributed by atoms with van der Waals surface area (Å²) in [5.41, 5.74) is 3.47. The number of likely N-dealkylation sites (tertiary alicyclic amines) is 1. The molecule has 3 rings (SSSR count). The summed E-state index contributed by atoms with van der Waals surface area (Å²) in [5, 5.41) is 0. The van der Waals surface area contributed by atoms with Gasteiger partial charge in [0.1, 0.15) is 5.82 Å². The minimum absolute atomic E-state index is 0. The number of rotatable bonds is 4. The fourth-order valence-corrected chi connectivity index (χ4v) is 4.64. The van der Waals surface area contributed by atoms with Crippen LogP contribution in [0.1, 0.15) is 29.5 Å². The second-order valence-corrected chi connectivity index (χ2v) is 7.91. The molecular weight excluding hydrogens is 385 g/mol. The molecule has 0 radical (unpaired) electrons. The van der Waals surface area contributed by atoms with Crippen LogP contribution in [0.4, 0.5) is 4.39 Å². The summed E-state index contributed by atoms with van der Waals surface area (Å²) < 4.78 is 14.4. The Morgan fingerprint density at radius 3 is 2.29 bits per heavy atom. The third kappa shape index (κ3) is 4.41. The van der Waals surface area contributed by atoms with Crippen LogP contribution in [0.3, 0.4) is 0 Å². The van der Waals surface area contributed by atoms with Crippen LogP contribution in [0, 0.1) is 12.7 Å². The van der Waals surface area contributed by atoms with Gasteiger partial charge >= 0.3 is 0 Å². The second kappa shape index (κ2) is 8.50. The van der Waals surface area contributed by atoms with E-state index in [0.717, 1.165) is 37.2 Å². The molecule has 0 aliphatic carbocycles. The van der Waals surface area contributed by atoms with Gasteiger partial charge in [0.15, 0.2) is 0 Å². The van der Waals surface area contributed by atoms with E-state index >= 15 is 0 Å². The van der Waals surface area contributed by atoms with E-state index in [4.69, 9.17) is 0 Å². The average molecular weight is 410 g/mol. The molecule has 0 aromatic heterocycles. The summed E-state index contributed by atoms with van der Waals surface area (Å²) in [7, 11) is 2.15. The fraction of sp³-hybridized carbons (Fsp3) is 0.400. The van der Waals surface area contributed by atoms with Gasteiger partial charge in [-0.25, -0.2) is 4.39 Å². The highest BCUT2D eigenvalue weighted by molar-refractivity contribution is 8.93. The lowest BCUT2D eigenvalue weighted by atomic mass is 9.88. The fourth-order valence-electron chi connectivity index (χ4n) is 3.21. The van der Waals surface area contributed by atoms with Crippen LogP contribution in [-0.4, -0.2) is 25.0 Å². The number of benzene rings is 2. The van der Waals surface area contributed by atoms with Crippen LogP contribution in [0.5, 0.6) is 0 Å². The van der Waals surface area contributed by atoms with E-state index in [0.29, 0.717) is 0 Å². The summed E-state index contributed by atoms with van der Waals surface area (Å²) in [6.07, 6.45) is 2.00. The van der Waals surface area contributed by atoms with Crippen LogP contribution < -0.4 is 0 Å². The lowest BCUT2D eigenvalue weighted by molar-refractivity contribution is 0.237. The quantitative estimate of drug-likeness (QED) is 0.649. The molecule has 24 heavy (non-hydrogen) atoms. The molecular formula is C20H25BrFNS. The van der Waals surface area contributed by atoms with Gasteiger partial charge in [-0.1, -0.05) is 48.0 Å². The number of aryl methyl sites for hydroxylation is 1. The van der Waals surface area contributed by atoms with Crippen molar-refractivity contribution in [1.82, 2.24) is 4.90 Å². The molecule has 0 unspecified atom stereocenters. The minimum atomic E-state index is -0.108. The number of halogens is 2. The third-order valence-electron chi connectivity index (χ3n) is 4.80. The van der Waals surface area contributed by atoms with Crippen molar-refractivity contribution in [2.45, 2.75) is 30.3 Å². The van der Waals surface area contributed by atoms with Crippen molar-refractivity contribution in [2.24, 2.45) is 0 Å². The minimum Gasteiger partial charge on any atom is -0.306 e. The largest absolute Gasteiger partial charge is 0.306 e. The predicted molar refractivity (Wildman–Crippen MR) is 108 cm³/mol. The number of thioether (sulfide) groups is 1. The Morgan fingerprint density at radius 2 is 1.67 bits per heavy atom. The van der Waals surface area contributed by atoms with Gasteiger partial charge in [-0.15, -0.1) is 28.7 Å². The highest BCUT2D eigenvalue weighted by atomic mass is 79.9. The van der Waals surface area contributed by atoms with Crippen LogP contribution >= 0.6 is 28.7 Å². The van der Waals surface area contributed by atoms with Gasteiger partial charge in [0.25, 0.3) is 0 Å². The molecule has 1 saturated heterocycles. The molecule has 1 heterocycles. The Morgan fingerprint density at radius 1 is 1.04 bits per heavy atom.